The molecule has 0 saturated carbocycles. The molecule has 0 aromatic heterocycles. The summed E-state index contributed by atoms with van der Waals surface area (Å²) in [4.78, 5) is 12.1. The van der Waals surface area contributed by atoms with Crippen molar-refractivity contribution < 1.29 is 9.18 Å². The molecule has 0 aliphatic carbocycles. The largest absolute Gasteiger partial charge is 0.380 e. The number of ketones is 1. The quantitative estimate of drug-likeness (QED) is 0.644. The van der Waals surface area contributed by atoms with Gasteiger partial charge < -0.3 is 10.6 Å². The minimum atomic E-state index is -0.447. The Labute approximate surface area is 165 Å². The van der Waals surface area contributed by atoms with E-state index in [-0.39, 0.29) is 11.3 Å². The molecule has 0 spiro atoms. The van der Waals surface area contributed by atoms with E-state index in [1.165, 1.54) is 17.2 Å². The second kappa shape index (κ2) is 9.34. The number of nitrogens with one attached hydrogen (secondary N) is 2. The molecule has 0 fully saturated rings. The first-order valence-electron chi connectivity index (χ1n) is 9.66. The van der Waals surface area contributed by atoms with Crippen molar-refractivity contribution >= 4 is 23.1 Å². The fourth-order valence-corrected chi connectivity index (χ4v) is 3.74. The Kier molecular flexibility index (Phi) is 6.86. The number of anilines is 1. The summed E-state index contributed by atoms with van der Waals surface area (Å²) in [5.41, 5.74) is 4.44. The molecule has 3 nitrogen and oxygen atoms in total. The summed E-state index contributed by atoms with van der Waals surface area (Å²) in [6.07, 6.45) is 3.99. The minimum Gasteiger partial charge on any atom is -0.380 e. The number of benzene rings is 2. The van der Waals surface area contributed by atoms with Crippen LogP contribution in [-0.2, 0) is 19.4 Å². The number of fused-ring (bicyclic) bond motifs is 1. The summed E-state index contributed by atoms with van der Waals surface area (Å²) < 4.78 is 14.4. The van der Waals surface area contributed by atoms with Crippen molar-refractivity contribution in [1.82, 2.24) is 5.32 Å². The smallest absolute Gasteiger partial charge is 0.165 e. The van der Waals surface area contributed by atoms with Gasteiger partial charge in [-0.25, -0.2) is 4.39 Å². The van der Waals surface area contributed by atoms with E-state index < -0.39 is 5.82 Å². The summed E-state index contributed by atoms with van der Waals surface area (Å²) >= 11 is 6.43. The van der Waals surface area contributed by atoms with Crippen molar-refractivity contribution in [3.05, 3.63) is 63.4 Å². The van der Waals surface area contributed by atoms with E-state index in [9.17, 15) is 9.18 Å². The second-order valence-electron chi connectivity index (χ2n) is 7.00. The van der Waals surface area contributed by atoms with E-state index in [0.29, 0.717) is 18.0 Å². The van der Waals surface area contributed by atoms with Gasteiger partial charge in [0.05, 0.1) is 16.3 Å². The molecule has 1 aliphatic rings. The number of carbonyl (C=O) groups is 1. The molecular weight excluding hydrogens is 363 g/mol. The van der Waals surface area contributed by atoms with Crippen LogP contribution in [0.15, 0.2) is 30.3 Å². The van der Waals surface area contributed by atoms with Gasteiger partial charge in [-0.3, -0.25) is 4.79 Å². The fourth-order valence-electron chi connectivity index (χ4n) is 3.49. The number of hydrogen-bond donors (Lipinski definition) is 2. The first kappa shape index (κ1) is 19.8. The molecule has 0 saturated heterocycles. The molecule has 1 heterocycles. The average molecular weight is 389 g/mol. The Balaban J connectivity index is 1.74. The lowest BCUT2D eigenvalue weighted by Gasteiger charge is -2.16. The molecule has 1 aliphatic heterocycles. The number of Topliss-reactive ketones (excluding diaryl/α,β-unsaturated/α-hetero) is 1. The zero-order valence-corrected chi connectivity index (χ0v) is 16.5. The van der Waals surface area contributed by atoms with Crippen LogP contribution < -0.4 is 10.6 Å². The third kappa shape index (κ3) is 4.88. The molecule has 5 heteroatoms. The van der Waals surface area contributed by atoms with Gasteiger partial charge in [0.15, 0.2) is 5.78 Å². The molecule has 0 unspecified atom stereocenters. The van der Waals surface area contributed by atoms with Crippen LogP contribution in [0.4, 0.5) is 10.1 Å². The molecular formula is C22H26ClFN2O. The standard InChI is InChI=1S/C22H26ClFN2O/c1-2-3-4-21(27)18-7-5-15(13-20(18)24)14-26-22-17-10-12-25-11-9-16(17)6-8-19(22)23/h5-8,13,25-26H,2-4,9-12,14H2,1H3. The number of carbonyl (C=O) groups excluding carboxylic acids is 1. The summed E-state index contributed by atoms with van der Waals surface area (Å²) in [7, 11) is 0. The Morgan fingerprint density at radius 1 is 1.22 bits per heavy atom. The first-order valence-corrected chi connectivity index (χ1v) is 10.0. The topological polar surface area (TPSA) is 41.1 Å². The van der Waals surface area contributed by atoms with Gasteiger partial charge in [-0.15, -0.1) is 0 Å². The van der Waals surface area contributed by atoms with E-state index in [4.69, 9.17) is 11.6 Å². The summed E-state index contributed by atoms with van der Waals surface area (Å²) in [6, 6.07) is 8.87. The zero-order chi connectivity index (χ0) is 19.2. The molecule has 2 aromatic rings. The second-order valence-corrected chi connectivity index (χ2v) is 7.41. The average Bonchev–Trinajstić information content (AvgIpc) is 2.91. The minimum absolute atomic E-state index is 0.127. The Bertz CT molecular complexity index is 822. The maximum Gasteiger partial charge on any atom is 0.165 e. The van der Waals surface area contributed by atoms with Crippen LogP contribution in [0.5, 0.6) is 0 Å². The predicted octanol–water partition coefficient (Wildman–Crippen LogP) is 5.15. The Morgan fingerprint density at radius 2 is 2.04 bits per heavy atom. The third-order valence-corrected chi connectivity index (χ3v) is 5.36. The zero-order valence-electron chi connectivity index (χ0n) is 15.7. The highest BCUT2D eigenvalue weighted by Crippen LogP contribution is 2.31. The molecule has 2 N–H and O–H groups in total. The molecule has 0 atom stereocenters. The molecule has 3 rings (SSSR count). The van der Waals surface area contributed by atoms with Gasteiger partial charge in [0.1, 0.15) is 5.82 Å². The Morgan fingerprint density at radius 3 is 2.81 bits per heavy atom. The van der Waals surface area contributed by atoms with E-state index in [0.717, 1.165) is 50.0 Å². The summed E-state index contributed by atoms with van der Waals surface area (Å²) in [6.45, 7) is 4.37. The van der Waals surface area contributed by atoms with E-state index in [1.54, 1.807) is 6.07 Å². The van der Waals surface area contributed by atoms with Gasteiger partial charge >= 0.3 is 0 Å². The summed E-state index contributed by atoms with van der Waals surface area (Å²) in [5, 5.41) is 7.47. The van der Waals surface area contributed by atoms with Crippen LogP contribution in [-0.4, -0.2) is 18.9 Å². The summed E-state index contributed by atoms with van der Waals surface area (Å²) in [5.74, 6) is -0.574. The van der Waals surface area contributed by atoms with Gasteiger partial charge in [-0.2, -0.15) is 0 Å². The van der Waals surface area contributed by atoms with Gasteiger partial charge in [-0.1, -0.05) is 37.1 Å². The number of hydrogen-bond acceptors (Lipinski definition) is 3. The normalized spacial score (nSPS) is 13.7. The van der Waals surface area contributed by atoms with E-state index in [2.05, 4.69) is 16.7 Å². The number of halogens is 2. The lowest BCUT2D eigenvalue weighted by molar-refractivity contribution is 0.0976. The number of unbranched alkanes of at least 4 members (excludes halogenated alkanes) is 1. The van der Waals surface area contributed by atoms with Crippen molar-refractivity contribution in [2.24, 2.45) is 0 Å². The maximum absolute atomic E-state index is 14.4. The van der Waals surface area contributed by atoms with Gasteiger partial charge in [0.2, 0.25) is 0 Å². The van der Waals surface area contributed by atoms with Crippen LogP contribution in [0, 0.1) is 5.82 Å². The molecule has 2 aromatic carbocycles. The van der Waals surface area contributed by atoms with Crippen molar-refractivity contribution in [3.8, 4) is 0 Å². The maximum atomic E-state index is 14.4. The van der Waals surface area contributed by atoms with Gasteiger partial charge in [0, 0.05) is 13.0 Å². The first-order chi connectivity index (χ1) is 13.1. The van der Waals surface area contributed by atoms with E-state index >= 15 is 0 Å². The monoisotopic (exact) mass is 388 g/mol. The predicted molar refractivity (Wildman–Crippen MR) is 109 cm³/mol. The fraction of sp³-hybridized carbons (Fsp3) is 0.409. The molecule has 0 bridgehead atoms. The van der Waals surface area contributed by atoms with Crippen LogP contribution in [0.1, 0.15) is 53.2 Å². The third-order valence-electron chi connectivity index (χ3n) is 5.04. The highest BCUT2D eigenvalue weighted by molar-refractivity contribution is 6.33. The van der Waals surface area contributed by atoms with Crippen molar-refractivity contribution in [2.45, 2.75) is 45.6 Å². The van der Waals surface area contributed by atoms with Crippen LogP contribution in [0.2, 0.25) is 5.02 Å². The molecule has 144 valence electrons. The van der Waals surface area contributed by atoms with Crippen LogP contribution in [0.3, 0.4) is 0 Å². The highest BCUT2D eigenvalue weighted by Gasteiger charge is 2.15. The van der Waals surface area contributed by atoms with Crippen LogP contribution >= 0.6 is 11.6 Å². The molecule has 0 amide bonds. The highest BCUT2D eigenvalue weighted by atomic mass is 35.5. The molecule has 27 heavy (non-hydrogen) atoms. The van der Waals surface area contributed by atoms with E-state index in [1.807, 2.05) is 19.1 Å². The van der Waals surface area contributed by atoms with Crippen LogP contribution in [0.25, 0.3) is 0 Å². The van der Waals surface area contributed by atoms with Crippen molar-refractivity contribution in [2.75, 3.05) is 18.4 Å². The Hall–Kier alpha value is -1.91. The number of rotatable bonds is 7. The lowest BCUT2D eigenvalue weighted by Crippen LogP contribution is -2.16. The van der Waals surface area contributed by atoms with Gasteiger partial charge in [-0.05, 0) is 67.2 Å². The van der Waals surface area contributed by atoms with Gasteiger partial charge in [0.25, 0.3) is 0 Å². The van der Waals surface area contributed by atoms with Crippen molar-refractivity contribution in [1.29, 1.82) is 0 Å². The van der Waals surface area contributed by atoms with Crippen molar-refractivity contribution in [3.63, 3.8) is 0 Å². The lowest BCUT2D eigenvalue weighted by atomic mass is 10.00. The molecule has 0 radical (unpaired) electrons. The SMILES string of the molecule is CCCCC(=O)c1ccc(CNc2c(Cl)ccc3c2CCNCC3)cc1F.